The van der Waals surface area contributed by atoms with Gasteiger partial charge in [-0.25, -0.2) is 4.79 Å². The van der Waals surface area contributed by atoms with Gasteiger partial charge in [0.2, 0.25) is 0 Å². The van der Waals surface area contributed by atoms with E-state index in [1.54, 1.807) is 12.1 Å². The molecule has 92 valence electrons. The molecule has 0 saturated heterocycles. The van der Waals surface area contributed by atoms with Crippen LogP contribution in [0.1, 0.15) is 16.8 Å². The Labute approximate surface area is 98.1 Å². The summed E-state index contributed by atoms with van der Waals surface area (Å²) in [7, 11) is 0. The van der Waals surface area contributed by atoms with Gasteiger partial charge in [-0.3, -0.25) is 4.79 Å². The van der Waals surface area contributed by atoms with Crippen LogP contribution in [0.25, 0.3) is 0 Å². The number of carboxylic acids is 1. The summed E-state index contributed by atoms with van der Waals surface area (Å²) in [5.74, 6) is -1.69. The van der Waals surface area contributed by atoms with E-state index in [4.69, 9.17) is 15.9 Å². The molecule has 0 radical (unpaired) electrons. The number of anilines is 1. The number of nitrogens with one attached hydrogen (secondary N) is 1. The maximum Gasteiger partial charge on any atom is 0.326 e. The van der Waals surface area contributed by atoms with Gasteiger partial charge < -0.3 is 21.3 Å². The van der Waals surface area contributed by atoms with Gasteiger partial charge in [0.15, 0.2) is 0 Å². The topological polar surface area (TPSA) is 113 Å². The minimum Gasteiger partial charge on any atom is -0.480 e. The molecular formula is C11H14N2O4. The lowest BCUT2D eigenvalue weighted by molar-refractivity contribution is -0.139. The molecule has 1 rings (SSSR count). The molecule has 0 fully saturated rings. The number of benzene rings is 1. The largest absolute Gasteiger partial charge is 0.480 e. The number of carbonyl (C=O) groups is 2. The highest BCUT2D eigenvalue weighted by Crippen LogP contribution is 2.06. The summed E-state index contributed by atoms with van der Waals surface area (Å²) in [6.45, 7) is -0.307. The van der Waals surface area contributed by atoms with E-state index < -0.39 is 17.9 Å². The van der Waals surface area contributed by atoms with E-state index in [0.717, 1.165) is 0 Å². The van der Waals surface area contributed by atoms with Crippen molar-refractivity contribution in [1.82, 2.24) is 5.32 Å². The first-order valence-electron chi connectivity index (χ1n) is 5.04. The molecule has 0 aromatic heterocycles. The molecule has 0 bridgehead atoms. The Bertz CT molecular complexity index is 402. The van der Waals surface area contributed by atoms with Crippen LogP contribution in [0.3, 0.4) is 0 Å². The van der Waals surface area contributed by atoms with Crippen molar-refractivity contribution >= 4 is 17.6 Å². The molecule has 0 unspecified atom stereocenters. The average Bonchev–Trinajstić information content (AvgIpc) is 2.29. The summed E-state index contributed by atoms with van der Waals surface area (Å²) in [6, 6.07) is 5.02. The molecule has 6 heteroatoms. The van der Waals surface area contributed by atoms with Gasteiger partial charge in [-0.15, -0.1) is 0 Å². The fourth-order valence-corrected chi connectivity index (χ4v) is 1.26. The van der Waals surface area contributed by atoms with Crippen molar-refractivity contribution in [3.63, 3.8) is 0 Å². The van der Waals surface area contributed by atoms with Crippen LogP contribution in [0, 0.1) is 0 Å². The van der Waals surface area contributed by atoms with Crippen LogP contribution in [0.15, 0.2) is 24.3 Å². The van der Waals surface area contributed by atoms with E-state index in [1.807, 2.05) is 0 Å². The molecule has 1 amide bonds. The summed E-state index contributed by atoms with van der Waals surface area (Å²) in [4.78, 5) is 22.4. The Morgan fingerprint density at radius 3 is 2.35 bits per heavy atom. The minimum atomic E-state index is -1.18. The number of aliphatic hydroxyl groups is 1. The van der Waals surface area contributed by atoms with Gasteiger partial charge in [-0.2, -0.15) is 0 Å². The summed E-state index contributed by atoms with van der Waals surface area (Å²) < 4.78 is 0. The molecule has 0 heterocycles. The molecule has 6 nitrogen and oxygen atoms in total. The van der Waals surface area contributed by atoms with E-state index in [-0.39, 0.29) is 13.0 Å². The Morgan fingerprint density at radius 2 is 1.88 bits per heavy atom. The van der Waals surface area contributed by atoms with Gasteiger partial charge in [0.05, 0.1) is 0 Å². The molecule has 0 spiro atoms. The molecule has 0 aliphatic heterocycles. The van der Waals surface area contributed by atoms with Crippen LogP contribution in [0.2, 0.25) is 0 Å². The van der Waals surface area contributed by atoms with Gasteiger partial charge in [-0.1, -0.05) is 0 Å². The lowest BCUT2D eigenvalue weighted by atomic mass is 10.1. The number of nitrogens with two attached hydrogens (primary N) is 1. The predicted molar refractivity (Wildman–Crippen MR) is 61.4 cm³/mol. The maximum absolute atomic E-state index is 11.6. The Balaban J connectivity index is 2.70. The van der Waals surface area contributed by atoms with Crippen molar-refractivity contribution in [2.75, 3.05) is 12.3 Å². The molecule has 0 saturated carbocycles. The van der Waals surface area contributed by atoms with Crippen LogP contribution in [0.4, 0.5) is 5.69 Å². The van der Waals surface area contributed by atoms with E-state index in [1.165, 1.54) is 12.1 Å². The summed E-state index contributed by atoms with van der Waals surface area (Å²) in [5, 5.41) is 19.8. The third kappa shape index (κ3) is 3.76. The first-order chi connectivity index (χ1) is 8.04. The molecule has 0 aliphatic rings. The van der Waals surface area contributed by atoms with E-state index in [2.05, 4.69) is 5.32 Å². The molecular weight excluding hydrogens is 224 g/mol. The Morgan fingerprint density at radius 1 is 1.29 bits per heavy atom. The van der Waals surface area contributed by atoms with Gasteiger partial charge in [0, 0.05) is 24.3 Å². The van der Waals surface area contributed by atoms with Crippen LogP contribution >= 0.6 is 0 Å². The van der Waals surface area contributed by atoms with Crippen molar-refractivity contribution in [2.45, 2.75) is 12.5 Å². The maximum atomic E-state index is 11.6. The van der Waals surface area contributed by atoms with Crippen LogP contribution in [-0.4, -0.2) is 34.7 Å². The standard InChI is InChI=1S/C11H14N2O4/c12-8-3-1-7(2-4-8)10(15)13-9(5-6-14)11(16)17/h1-4,9,14H,5-6,12H2,(H,13,15)(H,16,17)/t9-/m1/s1. The molecule has 1 aromatic rings. The van der Waals surface area contributed by atoms with Crippen LogP contribution < -0.4 is 11.1 Å². The average molecular weight is 238 g/mol. The monoisotopic (exact) mass is 238 g/mol. The predicted octanol–water partition coefficient (Wildman–Crippen LogP) is -0.166. The van der Waals surface area contributed by atoms with Gasteiger partial charge >= 0.3 is 5.97 Å². The summed E-state index contributed by atoms with van der Waals surface area (Å²) >= 11 is 0. The Kier molecular flexibility index (Phi) is 4.47. The fraction of sp³-hybridized carbons (Fsp3) is 0.273. The first-order valence-corrected chi connectivity index (χ1v) is 5.04. The second-order valence-electron chi connectivity index (χ2n) is 3.50. The van der Waals surface area contributed by atoms with Crippen molar-refractivity contribution in [3.05, 3.63) is 29.8 Å². The number of amides is 1. The quantitative estimate of drug-likeness (QED) is 0.532. The lowest BCUT2D eigenvalue weighted by Crippen LogP contribution is -2.41. The number of carbonyl (C=O) groups excluding carboxylic acids is 1. The number of hydrogen-bond acceptors (Lipinski definition) is 4. The number of hydrogen-bond donors (Lipinski definition) is 4. The van der Waals surface area contributed by atoms with Crippen molar-refractivity contribution < 1.29 is 19.8 Å². The van der Waals surface area contributed by atoms with E-state index in [0.29, 0.717) is 11.3 Å². The Hall–Kier alpha value is -2.08. The van der Waals surface area contributed by atoms with Crippen molar-refractivity contribution in [1.29, 1.82) is 0 Å². The number of aliphatic carboxylic acids is 1. The number of aliphatic hydroxyl groups excluding tert-OH is 1. The molecule has 1 aromatic carbocycles. The fourth-order valence-electron chi connectivity index (χ4n) is 1.26. The second-order valence-corrected chi connectivity index (χ2v) is 3.50. The van der Waals surface area contributed by atoms with Crippen molar-refractivity contribution in [2.24, 2.45) is 0 Å². The third-order valence-corrected chi connectivity index (χ3v) is 2.19. The zero-order valence-corrected chi connectivity index (χ0v) is 9.09. The minimum absolute atomic E-state index is 0.0317. The van der Waals surface area contributed by atoms with Gasteiger partial charge in [0.25, 0.3) is 5.91 Å². The van der Waals surface area contributed by atoms with Crippen molar-refractivity contribution in [3.8, 4) is 0 Å². The summed E-state index contributed by atoms with van der Waals surface area (Å²) in [5.41, 5.74) is 6.31. The third-order valence-electron chi connectivity index (χ3n) is 2.19. The second kappa shape index (κ2) is 5.86. The highest BCUT2D eigenvalue weighted by Gasteiger charge is 2.19. The van der Waals surface area contributed by atoms with Gasteiger partial charge in [0.1, 0.15) is 6.04 Å². The highest BCUT2D eigenvalue weighted by molar-refractivity contribution is 5.96. The molecule has 17 heavy (non-hydrogen) atoms. The number of rotatable bonds is 5. The SMILES string of the molecule is Nc1ccc(C(=O)N[C@H](CCO)C(=O)O)cc1. The zero-order chi connectivity index (χ0) is 12.8. The normalized spacial score (nSPS) is 11.8. The highest BCUT2D eigenvalue weighted by atomic mass is 16.4. The van der Waals surface area contributed by atoms with E-state index in [9.17, 15) is 9.59 Å². The first kappa shape index (κ1) is 13.0. The number of nitrogen functional groups attached to an aromatic ring is 1. The smallest absolute Gasteiger partial charge is 0.326 e. The molecule has 1 atom stereocenters. The molecule has 5 N–H and O–H groups in total. The van der Waals surface area contributed by atoms with Crippen LogP contribution in [0.5, 0.6) is 0 Å². The summed E-state index contributed by atoms with van der Waals surface area (Å²) in [6.07, 6.45) is -0.0317. The lowest BCUT2D eigenvalue weighted by Gasteiger charge is -2.13. The number of carboxylic acid groups (broad SMARTS) is 1. The molecule has 0 aliphatic carbocycles. The zero-order valence-electron chi connectivity index (χ0n) is 9.09. The van der Waals surface area contributed by atoms with Gasteiger partial charge in [-0.05, 0) is 24.3 Å². The van der Waals surface area contributed by atoms with E-state index >= 15 is 0 Å². The van der Waals surface area contributed by atoms with Crippen LogP contribution in [-0.2, 0) is 4.79 Å².